The summed E-state index contributed by atoms with van der Waals surface area (Å²) < 4.78 is 2.30. The average Bonchev–Trinajstić information content (AvgIpc) is 3.51. The minimum absolute atomic E-state index is 0.568. The number of hydrogen-bond acceptors (Lipinski definition) is 0. The van der Waals surface area contributed by atoms with E-state index < -0.39 is 0 Å². The molecule has 3 nitrogen and oxygen atoms in total. The molecule has 8 aromatic carbocycles. The van der Waals surface area contributed by atoms with E-state index in [0.29, 0.717) is 11.4 Å². The maximum atomic E-state index is 8.28. The molecule has 1 aromatic heterocycles. The van der Waals surface area contributed by atoms with E-state index in [1.54, 1.807) is 0 Å². The summed E-state index contributed by atoms with van der Waals surface area (Å²) in [5.41, 5.74) is 10.5. The Hall–Kier alpha value is -6.94. The number of nitrogens with zero attached hydrogens (tertiary/aromatic N) is 3. The number of benzene rings is 8. The van der Waals surface area contributed by atoms with Crippen molar-refractivity contribution in [2.45, 2.75) is 0 Å². The zero-order chi connectivity index (χ0) is 32.9. The van der Waals surface area contributed by atoms with Gasteiger partial charge in [0.25, 0.3) is 0 Å². The second kappa shape index (κ2) is 11.4. The molecule has 0 aliphatic carbocycles. The predicted molar refractivity (Wildman–Crippen MR) is 205 cm³/mol. The normalized spacial score (nSPS) is 11.2. The summed E-state index contributed by atoms with van der Waals surface area (Å²) in [5, 5.41) is 6.84. The first-order valence-electron chi connectivity index (χ1n) is 16.3. The fraction of sp³-hybridized carbons (Fsp3) is 0. The van der Waals surface area contributed by atoms with Crippen LogP contribution in [0.3, 0.4) is 0 Å². The first-order chi connectivity index (χ1) is 24.2. The van der Waals surface area contributed by atoms with Crippen molar-refractivity contribution in [2.75, 3.05) is 0 Å². The maximum absolute atomic E-state index is 8.28. The van der Waals surface area contributed by atoms with Crippen LogP contribution >= 0.6 is 0 Å². The molecule has 1 heterocycles. The molecule has 0 bridgehead atoms. The minimum Gasteiger partial charge on any atom is -0.309 e. The fourth-order valence-electron chi connectivity index (χ4n) is 7.54. The SMILES string of the molecule is [C-]#[N+]c1ccc(-n2c3ccccc3c3ccccc32)c(-c2ccc([N+]#[C-])c(-c3c4ccccc4c(-c4ccccc4)c4ccccc34)c2)c1. The van der Waals surface area contributed by atoms with Crippen LogP contribution < -0.4 is 0 Å². The molecular weight excluding hydrogens is 595 g/mol. The highest BCUT2D eigenvalue weighted by Crippen LogP contribution is 2.47. The van der Waals surface area contributed by atoms with Gasteiger partial charge in [0.05, 0.1) is 29.9 Å². The highest BCUT2D eigenvalue weighted by Gasteiger charge is 2.21. The molecule has 0 radical (unpaired) electrons. The Morgan fingerprint density at radius 1 is 0.388 bits per heavy atom. The highest BCUT2D eigenvalue weighted by molar-refractivity contribution is 6.22. The predicted octanol–water partition coefficient (Wildman–Crippen LogP) is 13.2. The van der Waals surface area contributed by atoms with Crippen LogP contribution in [0.25, 0.3) is 92.1 Å². The molecule has 0 aliphatic heterocycles. The molecule has 0 aliphatic rings. The van der Waals surface area contributed by atoms with Gasteiger partial charge in [-0.1, -0.05) is 140 Å². The largest absolute Gasteiger partial charge is 0.309 e. The topological polar surface area (TPSA) is 13.6 Å². The molecule has 0 fully saturated rings. The number of rotatable bonds is 4. The monoisotopic (exact) mass is 621 g/mol. The van der Waals surface area contributed by atoms with E-state index in [-0.39, 0.29) is 0 Å². The molecule has 0 spiro atoms. The van der Waals surface area contributed by atoms with Crippen molar-refractivity contribution in [3.05, 3.63) is 187 Å². The maximum Gasteiger partial charge on any atom is 0.194 e. The van der Waals surface area contributed by atoms with Gasteiger partial charge < -0.3 is 4.57 Å². The zero-order valence-electron chi connectivity index (χ0n) is 26.4. The third-order valence-corrected chi connectivity index (χ3v) is 9.62. The van der Waals surface area contributed by atoms with Gasteiger partial charge in [0.1, 0.15) is 0 Å². The van der Waals surface area contributed by atoms with Crippen molar-refractivity contribution >= 4 is 54.7 Å². The summed E-state index contributed by atoms with van der Waals surface area (Å²) in [4.78, 5) is 7.89. The Bertz CT molecular complexity index is 2740. The third-order valence-electron chi connectivity index (χ3n) is 9.62. The van der Waals surface area contributed by atoms with Crippen LogP contribution in [0.2, 0.25) is 0 Å². The first kappa shape index (κ1) is 28.3. The van der Waals surface area contributed by atoms with Gasteiger partial charge in [0.15, 0.2) is 11.4 Å². The lowest BCUT2D eigenvalue weighted by molar-refractivity contribution is 1.18. The van der Waals surface area contributed by atoms with Crippen LogP contribution in [0.4, 0.5) is 11.4 Å². The van der Waals surface area contributed by atoms with Crippen molar-refractivity contribution in [1.29, 1.82) is 0 Å². The van der Waals surface area contributed by atoms with E-state index >= 15 is 0 Å². The molecule has 3 heteroatoms. The van der Waals surface area contributed by atoms with Gasteiger partial charge in [0, 0.05) is 10.8 Å². The minimum atomic E-state index is 0.568. The van der Waals surface area contributed by atoms with Crippen LogP contribution in [-0.4, -0.2) is 4.57 Å². The van der Waals surface area contributed by atoms with Gasteiger partial charge in [-0.15, -0.1) is 0 Å². The Balaban J connectivity index is 1.37. The van der Waals surface area contributed by atoms with E-state index in [9.17, 15) is 0 Å². The Kier molecular flexibility index (Phi) is 6.58. The molecule has 49 heavy (non-hydrogen) atoms. The molecule has 0 saturated heterocycles. The molecule has 9 aromatic rings. The molecule has 0 unspecified atom stereocenters. The summed E-state index contributed by atoms with van der Waals surface area (Å²) in [6, 6.07) is 56.6. The summed E-state index contributed by atoms with van der Waals surface area (Å²) >= 11 is 0. The standard InChI is InChI=1S/C46H27N3/c1-47-32-25-27-44(49-42-22-12-10-16-33(42)34-17-11-13-23-43(34)49)39(29-32)31-24-26-41(48-2)40(28-31)46-37-20-8-6-18-35(37)45(30-14-4-3-5-15-30)36-19-7-9-21-38(36)46/h3-29H. The highest BCUT2D eigenvalue weighted by atomic mass is 15.0. The van der Waals surface area contributed by atoms with Crippen molar-refractivity contribution < 1.29 is 0 Å². The molecule has 0 amide bonds. The molecule has 0 atom stereocenters. The van der Waals surface area contributed by atoms with Crippen LogP contribution in [-0.2, 0) is 0 Å². The first-order valence-corrected chi connectivity index (χ1v) is 16.3. The van der Waals surface area contributed by atoms with Gasteiger partial charge in [-0.3, -0.25) is 0 Å². The number of aromatic nitrogens is 1. The van der Waals surface area contributed by atoms with Gasteiger partial charge >= 0.3 is 0 Å². The van der Waals surface area contributed by atoms with Gasteiger partial charge in [-0.25, -0.2) is 9.69 Å². The van der Waals surface area contributed by atoms with E-state index in [1.807, 2.05) is 30.3 Å². The summed E-state index contributed by atoms with van der Waals surface area (Å²) in [6.07, 6.45) is 0. The van der Waals surface area contributed by atoms with Crippen molar-refractivity contribution in [2.24, 2.45) is 0 Å². The number of hydrogen-bond donors (Lipinski definition) is 0. The molecule has 226 valence electrons. The van der Waals surface area contributed by atoms with Gasteiger partial charge in [0.2, 0.25) is 0 Å². The van der Waals surface area contributed by atoms with Gasteiger partial charge in [-0.2, -0.15) is 0 Å². The van der Waals surface area contributed by atoms with E-state index in [1.165, 1.54) is 16.3 Å². The molecule has 0 N–H and O–H groups in total. The van der Waals surface area contributed by atoms with E-state index in [0.717, 1.165) is 66.1 Å². The zero-order valence-corrected chi connectivity index (χ0v) is 26.4. The smallest absolute Gasteiger partial charge is 0.194 e. The van der Waals surface area contributed by atoms with Crippen LogP contribution in [0.15, 0.2) is 164 Å². The second-order valence-electron chi connectivity index (χ2n) is 12.2. The van der Waals surface area contributed by atoms with Crippen molar-refractivity contribution in [1.82, 2.24) is 4.57 Å². The van der Waals surface area contributed by atoms with Crippen molar-refractivity contribution in [3.63, 3.8) is 0 Å². The molecule has 9 rings (SSSR count). The second-order valence-corrected chi connectivity index (χ2v) is 12.2. The molecule has 0 saturated carbocycles. The number of para-hydroxylation sites is 2. The summed E-state index contributed by atoms with van der Waals surface area (Å²) in [7, 11) is 0. The average molecular weight is 622 g/mol. The Labute approximate surface area is 284 Å². The fourth-order valence-corrected chi connectivity index (χ4v) is 7.54. The van der Waals surface area contributed by atoms with Crippen molar-refractivity contribution in [3.8, 4) is 39.1 Å². The van der Waals surface area contributed by atoms with Crippen LogP contribution in [0.1, 0.15) is 0 Å². The van der Waals surface area contributed by atoms with E-state index in [2.05, 4.69) is 148 Å². The van der Waals surface area contributed by atoms with Crippen LogP contribution in [0.5, 0.6) is 0 Å². The molecular formula is C46H27N3. The lowest BCUT2D eigenvalue weighted by atomic mass is 9.85. The summed E-state index contributed by atoms with van der Waals surface area (Å²) in [6.45, 7) is 16.2. The van der Waals surface area contributed by atoms with E-state index in [4.69, 9.17) is 13.1 Å². The Morgan fingerprint density at radius 2 is 0.918 bits per heavy atom. The quantitative estimate of drug-likeness (QED) is 0.137. The lowest BCUT2D eigenvalue weighted by Gasteiger charge is -2.20. The number of fused-ring (bicyclic) bond motifs is 5. The van der Waals surface area contributed by atoms with Gasteiger partial charge in [-0.05, 0) is 79.2 Å². The lowest BCUT2D eigenvalue weighted by Crippen LogP contribution is -1.97. The van der Waals surface area contributed by atoms with Crippen LogP contribution in [0, 0.1) is 13.1 Å². The summed E-state index contributed by atoms with van der Waals surface area (Å²) in [5.74, 6) is 0. The Morgan fingerprint density at radius 3 is 1.49 bits per heavy atom. The third kappa shape index (κ3) is 4.42.